The molecule has 9 heteroatoms. The van der Waals surface area contributed by atoms with Crippen molar-refractivity contribution in [1.82, 2.24) is 10.0 Å². The van der Waals surface area contributed by atoms with Crippen molar-refractivity contribution in [1.29, 1.82) is 0 Å². The van der Waals surface area contributed by atoms with Crippen LogP contribution in [0.15, 0.2) is 54.6 Å². The predicted molar refractivity (Wildman–Crippen MR) is 118 cm³/mol. The number of Topliss-reactive ketones (excluding diaryl/α,β-unsaturated/α-hetero) is 1. The van der Waals surface area contributed by atoms with Crippen molar-refractivity contribution in [2.45, 2.75) is 6.42 Å². The number of carbonyl (C=O) groups excluding carboxylic acids is 4. The molecule has 5 rings (SSSR count). The molecule has 4 atom stereocenters. The topological polar surface area (TPSA) is 74.8 Å². The number of halogens is 3. The van der Waals surface area contributed by atoms with Crippen molar-refractivity contribution < 1.29 is 23.6 Å². The molecule has 0 aromatic heterocycles. The van der Waals surface area contributed by atoms with Crippen molar-refractivity contribution in [2.75, 3.05) is 6.54 Å². The number of rotatable bonds is 5. The van der Waals surface area contributed by atoms with E-state index >= 15 is 0 Å². The number of hydrazine groups is 1. The second kappa shape index (κ2) is 8.08. The van der Waals surface area contributed by atoms with Gasteiger partial charge in [0.1, 0.15) is 12.4 Å². The molecule has 6 nitrogen and oxygen atoms in total. The summed E-state index contributed by atoms with van der Waals surface area (Å²) in [5, 5.41) is 2.03. The van der Waals surface area contributed by atoms with Gasteiger partial charge >= 0.3 is 0 Å². The molecule has 3 amide bonds. The smallest absolute Gasteiger partial charge is 0.273 e. The summed E-state index contributed by atoms with van der Waals surface area (Å²) in [7, 11) is 0. The number of carbonyl (C=O) groups is 4. The summed E-state index contributed by atoms with van der Waals surface area (Å²) in [6.45, 7) is -0.579. The lowest BCUT2D eigenvalue weighted by molar-refractivity contribution is -0.154. The Balaban J connectivity index is 1.51. The first-order chi connectivity index (χ1) is 15.8. The lowest BCUT2D eigenvalue weighted by Crippen LogP contribution is -2.52. The van der Waals surface area contributed by atoms with Gasteiger partial charge in [0.05, 0.1) is 21.9 Å². The number of fused-ring (bicyclic) bond motifs is 5. The molecule has 0 spiro atoms. The molecule has 2 aromatic rings. The largest absolute Gasteiger partial charge is 0.292 e. The van der Waals surface area contributed by atoms with Crippen LogP contribution in [0.3, 0.4) is 0 Å². The third kappa shape index (κ3) is 3.56. The van der Waals surface area contributed by atoms with E-state index in [0.29, 0.717) is 0 Å². The molecule has 2 aromatic carbocycles. The van der Waals surface area contributed by atoms with Gasteiger partial charge in [0, 0.05) is 11.1 Å². The Labute approximate surface area is 198 Å². The molecule has 168 valence electrons. The minimum absolute atomic E-state index is 0.0591. The highest BCUT2D eigenvalue weighted by Crippen LogP contribution is 2.52. The fourth-order valence-corrected chi connectivity index (χ4v) is 5.30. The number of imide groups is 1. The SMILES string of the molecule is O=C(CN(C(=O)c1ccc(Cl)c(Cl)c1)N1C(=O)[C@@H]2[C@H](C1=O)[C@H]1C=C[C@H]2C1)c1ccc(F)cc1. The van der Waals surface area contributed by atoms with Crippen LogP contribution in [0.25, 0.3) is 0 Å². The minimum atomic E-state index is -0.744. The standard InChI is InChI=1S/C24H17Cl2FN2O4/c25-17-8-5-15(10-18(17)26)22(31)28(11-19(30)12-3-6-16(27)7-4-12)29-23(32)20-13-1-2-14(9-13)21(20)24(29)33/h1-8,10,13-14,20-21H,9,11H2/t13-,14-,20-,21+/m0/s1. The van der Waals surface area contributed by atoms with Crippen LogP contribution < -0.4 is 0 Å². The predicted octanol–water partition coefficient (Wildman–Crippen LogP) is 4.18. The van der Waals surface area contributed by atoms with Gasteiger partial charge in [0.2, 0.25) is 0 Å². The van der Waals surface area contributed by atoms with Crippen LogP contribution in [0.4, 0.5) is 4.39 Å². The van der Waals surface area contributed by atoms with Gasteiger partial charge in [-0.05, 0) is 60.7 Å². The van der Waals surface area contributed by atoms with Crippen LogP contribution in [-0.4, -0.2) is 40.1 Å². The number of hydrogen-bond donors (Lipinski definition) is 0. The highest BCUT2D eigenvalue weighted by atomic mass is 35.5. The number of nitrogens with zero attached hydrogens (tertiary/aromatic N) is 2. The Kier molecular flexibility index (Phi) is 5.34. The molecule has 0 N–H and O–H groups in total. The van der Waals surface area contributed by atoms with E-state index in [1.165, 1.54) is 30.3 Å². The Bertz CT molecular complexity index is 1200. The summed E-state index contributed by atoms with van der Waals surface area (Å²) in [4.78, 5) is 53.0. The molecule has 0 unspecified atom stereocenters. The summed E-state index contributed by atoms with van der Waals surface area (Å²) in [5.41, 5.74) is 0.208. The van der Waals surface area contributed by atoms with E-state index in [4.69, 9.17) is 23.2 Å². The zero-order valence-corrected chi connectivity index (χ0v) is 18.6. The van der Waals surface area contributed by atoms with Crippen LogP contribution in [0.1, 0.15) is 27.1 Å². The normalized spacial score (nSPS) is 25.0. The molecule has 2 aliphatic carbocycles. The Morgan fingerprint density at radius 3 is 2.06 bits per heavy atom. The number of hydrogen-bond acceptors (Lipinski definition) is 4. The van der Waals surface area contributed by atoms with Gasteiger partial charge < -0.3 is 0 Å². The molecule has 1 heterocycles. The number of allylic oxidation sites excluding steroid dienone is 2. The highest BCUT2D eigenvalue weighted by Gasteiger charge is 2.61. The molecule has 2 fully saturated rings. The number of ketones is 1. The Morgan fingerprint density at radius 2 is 1.48 bits per heavy atom. The number of benzene rings is 2. The summed E-state index contributed by atoms with van der Waals surface area (Å²) in [5.74, 6) is -4.02. The average Bonchev–Trinajstić information content (AvgIpc) is 3.48. The lowest BCUT2D eigenvalue weighted by Gasteiger charge is -2.31. The molecule has 0 radical (unpaired) electrons. The van der Waals surface area contributed by atoms with E-state index in [1.807, 2.05) is 12.2 Å². The monoisotopic (exact) mass is 486 g/mol. The molecule has 1 saturated carbocycles. The van der Waals surface area contributed by atoms with E-state index in [2.05, 4.69) is 0 Å². The van der Waals surface area contributed by atoms with Crippen LogP contribution in [0.2, 0.25) is 10.0 Å². The Morgan fingerprint density at radius 1 is 0.909 bits per heavy atom. The van der Waals surface area contributed by atoms with Crippen LogP contribution in [-0.2, 0) is 9.59 Å². The number of amides is 3. The van der Waals surface area contributed by atoms with E-state index in [0.717, 1.165) is 28.6 Å². The summed E-state index contributed by atoms with van der Waals surface area (Å²) >= 11 is 12.0. The third-order valence-electron chi connectivity index (χ3n) is 6.55. The van der Waals surface area contributed by atoms with Gasteiger partial charge in [-0.15, -0.1) is 0 Å². The maximum atomic E-state index is 13.5. The second-order valence-corrected chi connectivity index (χ2v) is 9.22. The van der Waals surface area contributed by atoms with E-state index in [1.54, 1.807) is 0 Å². The molecule has 3 aliphatic rings. The van der Waals surface area contributed by atoms with Gasteiger partial charge in [-0.2, -0.15) is 5.01 Å². The third-order valence-corrected chi connectivity index (χ3v) is 7.29. The Hall–Kier alpha value is -3.03. The van der Waals surface area contributed by atoms with E-state index in [-0.39, 0.29) is 33.0 Å². The molecule has 2 bridgehead atoms. The van der Waals surface area contributed by atoms with Crippen molar-refractivity contribution in [2.24, 2.45) is 23.7 Å². The van der Waals surface area contributed by atoms with Crippen molar-refractivity contribution >= 4 is 46.7 Å². The van der Waals surface area contributed by atoms with Crippen LogP contribution in [0, 0.1) is 29.5 Å². The molecule has 1 saturated heterocycles. The molecular weight excluding hydrogens is 470 g/mol. The maximum Gasteiger partial charge on any atom is 0.273 e. The summed E-state index contributed by atoms with van der Waals surface area (Å²) in [6, 6.07) is 8.96. The maximum absolute atomic E-state index is 13.5. The van der Waals surface area contributed by atoms with Crippen molar-refractivity contribution in [3.8, 4) is 0 Å². The lowest BCUT2D eigenvalue weighted by atomic mass is 9.85. The van der Waals surface area contributed by atoms with Gasteiger partial charge in [-0.25, -0.2) is 9.40 Å². The molecule has 1 aliphatic heterocycles. The molecular formula is C24H17Cl2FN2O4. The summed E-state index contributed by atoms with van der Waals surface area (Å²) < 4.78 is 13.3. The fraction of sp³-hybridized carbons (Fsp3) is 0.250. The zero-order chi connectivity index (χ0) is 23.4. The van der Waals surface area contributed by atoms with Crippen molar-refractivity contribution in [3.63, 3.8) is 0 Å². The minimum Gasteiger partial charge on any atom is -0.292 e. The van der Waals surface area contributed by atoms with Crippen LogP contribution in [0.5, 0.6) is 0 Å². The quantitative estimate of drug-likeness (QED) is 0.361. The van der Waals surface area contributed by atoms with Gasteiger partial charge in [0.25, 0.3) is 17.7 Å². The molecule has 33 heavy (non-hydrogen) atoms. The van der Waals surface area contributed by atoms with Gasteiger partial charge in [-0.3, -0.25) is 19.2 Å². The summed E-state index contributed by atoms with van der Waals surface area (Å²) in [6.07, 6.45) is 4.61. The average molecular weight is 487 g/mol. The second-order valence-electron chi connectivity index (χ2n) is 8.41. The first-order valence-corrected chi connectivity index (χ1v) is 11.1. The van der Waals surface area contributed by atoms with Gasteiger partial charge in [0.15, 0.2) is 5.78 Å². The first-order valence-electron chi connectivity index (χ1n) is 10.4. The highest BCUT2D eigenvalue weighted by molar-refractivity contribution is 6.42. The fourth-order valence-electron chi connectivity index (χ4n) is 5.00. The van der Waals surface area contributed by atoms with E-state index in [9.17, 15) is 23.6 Å². The first kappa shape index (κ1) is 21.8. The van der Waals surface area contributed by atoms with Crippen molar-refractivity contribution in [3.05, 3.63) is 81.6 Å². The van der Waals surface area contributed by atoms with E-state index < -0.39 is 47.7 Å². The zero-order valence-electron chi connectivity index (χ0n) is 17.1. The van der Waals surface area contributed by atoms with Crippen LogP contribution >= 0.6 is 23.2 Å². The van der Waals surface area contributed by atoms with Gasteiger partial charge in [-0.1, -0.05) is 35.4 Å².